The first kappa shape index (κ1) is 21.3. The van der Waals surface area contributed by atoms with E-state index < -0.39 is 0 Å². The number of thioether (sulfide) groups is 1. The highest BCUT2D eigenvalue weighted by atomic mass is 32.2. The van der Waals surface area contributed by atoms with Gasteiger partial charge in [-0.1, -0.05) is 30.0 Å². The molecule has 1 aliphatic rings. The Morgan fingerprint density at radius 1 is 1.19 bits per heavy atom. The molecule has 162 valence electrons. The fourth-order valence-electron chi connectivity index (χ4n) is 3.37. The number of anilines is 1. The molecule has 1 fully saturated rings. The standard InChI is InChI=1S/C22H24N4O4S/c1-13-14(2)30-21-18(13)19(24-20(28)15-7-4-3-5-8-15)25-22(26-21)31-12-17(27)23-11-16-9-6-10-29-16/h3-5,7-8,16H,6,9-12H2,1-2H3,(H,23,27)(H,24,25,26,28). The third kappa shape index (κ3) is 5.05. The number of rotatable bonds is 7. The SMILES string of the molecule is Cc1oc2nc(SCC(=O)NCC3CCCO3)nc(NC(=O)c3ccccc3)c2c1C. The Hall–Kier alpha value is -2.91. The van der Waals surface area contributed by atoms with Gasteiger partial charge >= 0.3 is 0 Å². The van der Waals surface area contributed by atoms with Crippen LogP contribution in [0.3, 0.4) is 0 Å². The number of ether oxygens (including phenoxy) is 1. The molecule has 3 aromatic rings. The topological polar surface area (TPSA) is 106 Å². The van der Waals surface area contributed by atoms with Gasteiger partial charge in [-0.3, -0.25) is 9.59 Å². The van der Waals surface area contributed by atoms with E-state index in [0.29, 0.717) is 39.9 Å². The Morgan fingerprint density at radius 3 is 2.74 bits per heavy atom. The molecule has 1 atom stereocenters. The van der Waals surface area contributed by atoms with Crippen molar-refractivity contribution >= 4 is 40.5 Å². The van der Waals surface area contributed by atoms with Gasteiger partial charge in [-0.05, 0) is 38.8 Å². The lowest BCUT2D eigenvalue weighted by Gasteiger charge is -2.11. The number of nitrogens with one attached hydrogen (secondary N) is 2. The van der Waals surface area contributed by atoms with E-state index in [1.165, 1.54) is 11.8 Å². The molecular weight excluding hydrogens is 416 g/mol. The van der Waals surface area contributed by atoms with Crippen molar-refractivity contribution in [2.24, 2.45) is 0 Å². The minimum Gasteiger partial charge on any atom is -0.443 e. The van der Waals surface area contributed by atoms with Gasteiger partial charge in [0, 0.05) is 24.3 Å². The molecule has 2 N–H and O–H groups in total. The van der Waals surface area contributed by atoms with E-state index in [1.807, 2.05) is 19.9 Å². The molecule has 0 bridgehead atoms. The van der Waals surface area contributed by atoms with Crippen LogP contribution in [0, 0.1) is 13.8 Å². The van der Waals surface area contributed by atoms with Crippen LogP contribution in [0.25, 0.3) is 11.1 Å². The Bertz CT molecular complexity index is 1090. The third-order valence-electron chi connectivity index (χ3n) is 5.16. The second-order valence-corrected chi connectivity index (χ2v) is 8.31. The van der Waals surface area contributed by atoms with Crippen molar-refractivity contribution in [1.82, 2.24) is 15.3 Å². The van der Waals surface area contributed by atoms with Crippen LogP contribution in [0.15, 0.2) is 39.9 Å². The van der Waals surface area contributed by atoms with Gasteiger partial charge in [-0.2, -0.15) is 4.98 Å². The minimum atomic E-state index is -0.274. The van der Waals surface area contributed by atoms with E-state index in [1.54, 1.807) is 24.3 Å². The summed E-state index contributed by atoms with van der Waals surface area (Å²) in [5.74, 6) is 0.838. The summed E-state index contributed by atoms with van der Waals surface area (Å²) >= 11 is 1.19. The second-order valence-electron chi connectivity index (χ2n) is 7.37. The maximum atomic E-state index is 12.7. The molecule has 1 aromatic carbocycles. The number of aromatic nitrogens is 2. The predicted octanol–water partition coefficient (Wildman–Crippen LogP) is 3.48. The number of carbonyl (C=O) groups excluding carboxylic acids is 2. The van der Waals surface area contributed by atoms with Crippen LogP contribution in [0.2, 0.25) is 0 Å². The quantitative estimate of drug-likeness (QED) is 0.428. The molecule has 0 saturated carbocycles. The molecule has 31 heavy (non-hydrogen) atoms. The fraction of sp³-hybridized carbons (Fsp3) is 0.364. The molecule has 2 amide bonds. The molecule has 4 rings (SSSR count). The van der Waals surface area contributed by atoms with E-state index in [-0.39, 0.29) is 23.7 Å². The van der Waals surface area contributed by atoms with Gasteiger partial charge in [-0.25, -0.2) is 4.98 Å². The maximum Gasteiger partial charge on any atom is 0.256 e. The Morgan fingerprint density at radius 2 is 2.00 bits per heavy atom. The van der Waals surface area contributed by atoms with E-state index >= 15 is 0 Å². The number of aryl methyl sites for hydroxylation is 2. The second kappa shape index (κ2) is 9.49. The zero-order chi connectivity index (χ0) is 21.8. The summed E-state index contributed by atoms with van der Waals surface area (Å²) in [4.78, 5) is 33.8. The summed E-state index contributed by atoms with van der Waals surface area (Å²) in [6.07, 6.45) is 2.09. The van der Waals surface area contributed by atoms with Crippen molar-refractivity contribution < 1.29 is 18.7 Å². The first-order valence-electron chi connectivity index (χ1n) is 10.2. The van der Waals surface area contributed by atoms with Crippen molar-refractivity contribution in [3.63, 3.8) is 0 Å². The summed E-state index contributed by atoms with van der Waals surface area (Å²) in [6.45, 7) is 5.00. The highest BCUT2D eigenvalue weighted by Gasteiger charge is 2.20. The zero-order valence-corrected chi connectivity index (χ0v) is 18.3. The maximum absolute atomic E-state index is 12.7. The average Bonchev–Trinajstić information content (AvgIpc) is 3.39. The van der Waals surface area contributed by atoms with Gasteiger partial charge in [0.15, 0.2) is 5.16 Å². The smallest absolute Gasteiger partial charge is 0.256 e. The number of hydrogen-bond acceptors (Lipinski definition) is 7. The highest BCUT2D eigenvalue weighted by Crippen LogP contribution is 2.31. The summed E-state index contributed by atoms with van der Waals surface area (Å²) < 4.78 is 11.3. The van der Waals surface area contributed by atoms with Crippen LogP contribution in [0.4, 0.5) is 5.82 Å². The van der Waals surface area contributed by atoms with Crippen LogP contribution >= 0.6 is 11.8 Å². The summed E-state index contributed by atoms with van der Waals surface area (Å²) in [6, 6.07) is 8.91. The number of benzene rings is 1. The lowest BCUT2D eigenvalue weighted by Crippen LogP contribution is -2.32. The number of fused-ring (bicyclic) bond motifs is 1. The van der Waals surface area contributed by atoms with Crippen LogP contribution in [0.1, 0.15) is 34.5 Å². The van der Waals surface area contributed by atoms with Crippen molar-refractivity contribution in [2.75, 3.05) is 24.2 Å². The largest absolute Gasteiger partial charge is 0.443 e. The lowest BCUT2D eigenvalue weighted by atomic mass is 10.2. The van der Waals surface area contributed by atoms with Gasteiger partial charge in [0.1, 0.15) is 11.6 Å². The Kier molecular flexibility index (Phi) is 6.53. The normalized spacial score (nSPS) is 15.9. The number of furan rings is 1. The molecule has 1 saturated heterocycles. The van der Waals surface area contributed by atoms with Crippen molar-refractivity contribution in [2.45, 2.75) is 37.9 Å². The number of hydrogen-bond donors (Lipinski definition) is 2. The predicted molar refractivity (Wildman–Crippen MR) is 118 cm³/mol. The number of nitrogens with zero attached hydrogens (tertiary/aromatic N) is 2. The van der Waals surface area contributed by atoms with Gasteiger partial charge in [0.25, 0.3) is 5.91 Å². The van der Waals surface area contributed by atoms with Crippen molar-refractivity contribution in [3.8, 4) is 0 Å². The molecular formula is C22H24N4O4S. The molecule has 8 nitrogen and oxygen atoms in total. The first-order valence-corrected chi connectivity index (χ1v) is 11.1. The molecule has 3 heterocycles. The summed E-state index contributed by atoms with van der Waals surface area (Å²) in [7, 11) is 0. The molecule has 1 unspecified atom stereocenters. The van der Waals surface area contributed by atoms with Crippen molar-refractivity contribution in [1.29, 1.82) is 0 Å². The molecule has 0 aliphatic carbocycles. The van der Waals surface area contributed by atoms with Gasteiger partial charge in [0.2, 0.25) is 11.6 Å². The van der Waals surface area contributed by atoms with Gasteiger partial charge < -0.3 is 19.8 Å². The Labute approximate surface area is 184 Å². The summed E-state index contributed by atoms with van der Waals surface area (Å²) in [5, 5.41) is 6.76. The van der Waals surface area contributed by atoms with E-state index in [9.17, 15) is 9.59 Å². The van der Waals surface area contributed by atoms with Gasteiger partial charge in [0.05, 0.1) is 17.2 Å². The molecule has 9 heteroatoms. The minimum absolute atomic E-state index is 0.0930. The van der Waals surface area contributed by atoms with E-state index in [2.05, 4.69) is 20.6 Å². The third-order valence-corrected chi connectivity index (χ3v) is 6.01. The summed E-state index contributed by atoms with van der Waals surface area (Å²) in [5.41, 5.74) is 1.77. The van der Waals surface area contributed by atoms with E-state index in [4.69, 9.17) is 9.15 Å². The van der Waals surface area contributed by atoms with Crippen LogP contribution in [-0.4, -0.2) is 46.8 Å². The van der Waals surface area contributed by atoms with Gasteiger partial charge in [-0.15, -0.1) is 0 Å². The highest BCUT2D eigenvalue weighted by molar-refractivity contribution is 7.99. The number of carbonyl (C=O) groups is 2. The van der Waals surface area contributed by atoms with Crippen molar-refractivity contribution in [3.05, 3.63) is 47.2 Å². The lowest BCUT2D eigenvalue weighted by molar-refractivity contribution is -0.119. The monoisotopic (exact) mass is 440 g/mol. The fourth-order valence-corrected chi connectivity index (χ4v) is 4.03. The molecule has 0 spiro atoms. The first-order chi connectivity index (χ1) is 15.0. The van der Waals surface area contributed by atoms with Crippen LogP contribution < -0.4 is 10.6 Å². The Balaban J connectivity index is 1.50. The zero-order valence-electron chi connectivity index (χ0n) is 17.4. The van der Waals surface area contributed by atoms with Crippen LogP contribution in [-0.2, 0) is 9.53 Å². The molecule has 0 radical (unpaired) electrons. The van der Waals surface area contributed by atoms with Crippen LogP contribution in [0.5, 0.6) is 0 Å². The molecule has 2 aromatic heterocycles. The molecule has 1 aliphatic heterocycles. The average molecular weight is 441 g/mol. The number of amides is 2. The van der Waals surface area contributed by atoms with E-state index in [0.717, 1.165) is 25.0 Å².